The summed E-state index contributed by atoms with van der Waals surface area (Å²) < 4.78 is 5.50. The highest BCUT2D eigenvalue weighted by Gasteiger charge is 2.29. The predicted octanol–water partition coefficient (Wildman–Crippen LogP) is 3.77. The van der Waals surface area contributed by atoms with Gasteiger partial charge < -0.3 is 4.74 Å². The molecule has 1 aliphatic carbocycles. The highest BCUT2D eigenvalue weighted by atomic mass is 16.5. The molecule has 18 heavy (non-hydrogen) atoms. The third-order valence-corrected chi connectivity index (χ3v) is 3.89. The molecule has 1 aromatic carbocycles. The van der Waals surface area contributed by atoms with Gasteiger partial charge in [-0.25, -0.2) is 0 Å². The van der Waals surface area contributed by atoms with Gasteiger partial charge in [-0.15, -0.1) is 0 Å². The van der Waals surface area contributed by atoms with Crippen molar-refractivity contribution in [3.05, 3.63) is 35.4 Å². The molecule has 98 valence electrons. The van der Waals surface area contributed by atoms with Crippen molar-refractivity contribution in [1.82, 2.24) is 0 Å². The molecule has 0 radical (unpaired) electrons. The minimum absolute atomic E-state index is 0.146. The lowest BCUT2D eigenvalue weighted by Crippen LogP contribution is -2.33. The molecule has 2 heteroatoms. The van der Waals surface area contributed by atoms with Crippen molar-refractivity contribution < 1.29 is 9.53 Å². The second kappa shape index (κ2) is 6.14. The fourth-order valence-corrected chi connectivity index (χ4v) is 2.91. The Bertz CT molecular complexity index is 405. The topological polar surface area (TPSA) is 26.3 Å². The maximum absolute atomic E-state index is 12.5. The van der Waals surface area contributed by atoms with Gasteiger partial charge in [0.2, 0.25) is 0 Å². The van der Waals surface area contributed by atoms with Gasteiger partial charge in [-0.05, 0) is 31.7 Å². The lowest BCUT2D eigenvalue weighted by molar-refractivity contribution is 0.0314. The van der Waals surface area contributed by atoms with Gasteiger partial charge in [0.05, 0.1) is 0 Å². The minimum atomic E-state index is -0.257. The van der Waals surface area contributed by atoms with E-state index >= 15 is 0 Å². The Balaban J connectivity index is 2.14. The van der Waals surface area contributed by atoms with E-state index in [4.69, 9.17) is 4.74 Å². The van der Waals surface area contributed by atoms with Crippen LogP contribution in [0.4, 0.5) is 0 Å². The molecular formula is C16H22O2. The van der Waals surface area contributed by atoms with Gasteiger partial charge in [0.1, 0.15) is 6.10 Å². The number of hydrogen-bond acceptors (Lipinski definition) is 2. The molecule has 0 amide bonds. The van der Waals surface area contributed by atoms with Gasteiger partial charge in [0.15, 0.2) is 5.78 Å². The lowest BCUT2D eigenvalue weighted by Gasteiger charge is -2.28. The second-order valence-corrected chi connectivity index (χ2v) is 5.29. The first-order valence-electron chi connectivity index (χ1n) is 6.86. The Hall–Kier alpha value is -1.15. The van der Waals surface area contributed by atoms with Crippen LogP contribution < -0.4 is 0 Å². The van der Waals surface area contributed by atoms with E-state index in [0.29, 0.717) is 5.92 Å². The molecule has 1 unspecified atom stereocenters. The number of methoxy groups -OCH3 is 1. The van der Waals surface area contributed by atoms with Crippen LogP contribution in [0.25, 0.3) is 0 Å². The number of carbonyl (C=O) groups excluding carboxylic acids is 1. The maximum Gasteiger partial charge on any atom is 0.191 e. The molecule has 1 aromatic rings. The molecule has 0 aromatic heterocycles. The van der Waals surface area contributed by atoms with Crippen molar-refractivity contribution >= 4 is 5.78 Å². The molecule has 0 saturated heterocycles. The van der Waals surface area contributed by atoms with Crippen LogP contribution in [0.2, 0.25) is 0 Å². The fraction of sp³-hybridized carbons (Fsp3) is 0.562. The number of benzene rings is 1. The molecule has 0 spiro atoms. The van der Waals surface area contributed by atoms with Gasteiger partial charge in [-0.2, -0.15) is 0 Å². The average Bonchev–Trinajstić information content (AvgIpc) is 2.41. The van der Waals surface area contributed by atoms with Crippen LogP contribution >= 0.6 is 0 Å². The summed E-state index contributed by atoms with van der Waals surface area (Å²) in [6, 6.07) is 7.80. The Kier molecular flexibility index (Phi) is 4.54. The summed E-state index contributed by atoms with van der Waals surface area (Å²) in [5.74, 6) is 0.546. The summed E-state index contributed by atoms with van der Waals surface area (Å²) in [6.07, 6.45) is 5.74. The average molecular weight is 246 g/mol. The predicted molar refractivity (Wildman–Crippen MR) is 72.9 cm³/mol. The number of ketones is 1. The van der Waals surface area contributed by atoms with Gasteiger partial charge in [-0.3, -0.25) is 4.79 Å². The molecule has 0 N–H and O–H groups in total. The second-order valence-electron chi connectivity index (χ2n) is 5.29. The molecule has 2 nitrogen and oxygen atoms in total. The lowest BCUT2D eigenvalue weighted by atomic mass is 9.82. The van der Waals surface area contributed by atoms with Gasteiger partial charge in [0, 0.05) is 12.7 Å². The largest absolute Gasteiger partial charge is 0.373 e. The Morgan fingerprint density at radius 2 is 2.00 bits per heavy atom. The van der Waals surface area contributed by atoms with Crippen molar-refractivity contribution in [2.24, 2.45) is 5.92 Å². The van der Waals surface area contributed by atoms with Crippen LogP contribution in [0.15, 0.2) is 24.3 Å². The zero-order valence-corrected chi connectivity index (χ0v) is 11.3. The number of Topliss-reactive ketones (excluding diaryl/α,β-unsaturated/α-hetero) is 1. The standard InChI is InChI=1S/C16H22O2/c1-12-7-6-10-14(11-12)15(17)16(18-2)13-8-4-3-5-9-13/h6-7,10-11,13,16H,3-5,8-9H2,1-2H3. The molecule has 2 rings (SSSR count). The summed E-state index contributed by atoms with van der Waals surface area (Å²) in [4.78, 5) is 12.5. The maximum atomic E-state index is 12.5. The molecular weight excluding hydrogens is 224 g/mol. The van der Waals surface area contributed by atoms with E-state index in [1.165, 1.54) is 19.3 Å². The van der Waals surface area contributed by atoms with Crippen LogP contribution in [0.5, 0.6) is 0 Å². The van der Waals surface area contributed by atoms with E-state index in [1.807, 2.05) is 31.2 Å². The summed E-state index contributed by atoms with van der Waals surface area (Å²) in [5, 5.41) is 0. The van der Waals surface area contributed by atoms with Crippen LogP contribution in [-0.4, -0.2) is 19.0 Å². The molecule has 1 fully saturated rings. The van der Waals surface area contributed by atoms with E-state index in [2.05, 4.69) is 0 Å². The monoisotopic (exact) mass is 246 g/mol. The number of ether oxygens (including phenoxy) is 1. The van der Waals surface area contributed by atoms with E-state index < -0.39 is 0 Å². The van der Waals surface area contributed by atoms with Crippen LogP contribution in [-0.2, 0) is 4.74 Å². The minimum Gasteiger partial charge on any atom is -0.373 e. The first kappa shape index (κ1) is 13.3. The Morgan fingerprint density at radius 1 is 1.28 bits per heavy atom. The van der Waals surface area contributed by atoms with Crippen LogP contribution in [0.1, 0.15) is 48.0 Å². The number of hydrogen-bond donors (Lipinski definition) is 0. The van der Waals surface area contributed by atoms with Crippen molar-refractivity contribution in [3.8, 4) is 0 Å². The first-order valence-corrected chi connectivity index (χ1v) is 6.86. The highest BCUT2D eigenvalue weighted by molar-refractivity contribution is 5.99. The summed E-state index contributed by atoms with van der Waals surface area (Å²) >= 11 is 0. The van der Waals surface area contributed by atoms with Crippen molar-refractivity contribution in [2.45, 2.75) is 45.1 Å². The van der Waals surface area contributed by atoms with E-state index in [9.17, 15) is 4.79 Å². The molecule has 0 bridgehead atoms. The summed E-state index contributed by atoms with van der Waals surface area (Å²) in [5.41, 5.74) is 1.91. The van der Waals surface area contributed by atoms with Crippen molar-refractivity contribution in [3.63, 3.8) is 0 Å². The Morgan fingerprint density at radius 3 is 2.61 bits per heavy atom. The molecule has 1 saturated carbocycles. The molecule has 1 aliphatic rings. The quantitative estimate of drug-likeness (QED) is 0.756. The molecule has 1 atom stereocenters. The zero-order valence-electron chi connectivity index (χ0n) is 11.3. The highest BCUT2D eigenvalue weighted by Crippen LogP contribution is 2.29. The van der Waals surface area contributed by atoms with Crippen LogP contribution in [0.3, 0.4) is 0 Å². The first-order chi connectivity index (χ1) is 8.72. The van der Waals surface area contributed by atoms with E-state index in [1.54, 1.807) is 7.11 Å². The third kappa shape index (κ3) is 2.99. The fourth-order valence-electron chi connectivity index (χ4n) is 2.91. The van der Waals surface area contributed by atoms with Gasteiger partial charge in [-0.1, -0.05) is 43.0 Å². The van der Waals surface area contributed by atoms with Crippen molar-refractivity contribution in [2.75, 3.05) is 7.11 Å². The zero-order chi connectivity index (χ0) is 13.0. The SMILES string of the molecule is COC(C(=O)c1cccc(C)c1)C1CCCCC1. The molecule has 0 heterocycles. The molecule has 0 aliphatic heterocycles. The van der Waals surface area contributed by atoms with Crippen molar-refractivity contribution in [1.29, 1.82) is 0 Å². The third-order valence-electron chi connectivity index (χ3n) is 3.89. The number of rotatable bonds is 4. The number of carbonyl (C=O) groups is 1. The van der Waals surface area contributed by atoms with Crippen LogP contribution in [0, 0.1) is 12.8 Å². The normalized spacial score (nSPS) is 18.6. The smallest absolute Gasteiger partial charge is 0.191 e. The van der Waals surface area contributed by atoms with E-state index in [0.717, 1.165) is 24.0 Å². The van der Waals surface area contributed by atoms with E-state index in [-0.39, 0.29) is 11.9 Å². The summed E-state index contributed by atoms with van der Waals surface area (Å²) in [6.45, 7) is 2.01. The van der Waals surface area contributed by atoms with Gasteiger partial charge in [0.25, 0.3) is 0 Å². The van der Waals surface area contributed by atoms with Gasteiger partial charge >= 0.3 is 0 Å². The summed E-state index contributed by atoms with van der Waals surface area (Å²) in [7, 11) is 1.66. The Labute approximate surface area is 109 Å². The number of aryl methyl sites for hydroxylation is 1.